The van der Waals surface area contributed by atoms with E-state index in [-0.39, 0.29) is 11.5 Å². The molecule has 0 atom stereocenters. The molecule has 0 spiro atoms. The highest BCUT2D eigenvalue weighted by molar-refractivity contribution is 6.04. The smallest absolute Gasteiger partial charge is 0.178 e. The van der Waals surface area contributed by atoms with Crippen molar-refractivity contribution in [3.8, 4) is 11.5 Å². The number of carbonyl (C=O) groups excluding carboxylic acids is 1. The normalized spacial score (nSPS) is 11.3. The van der Waals surface area contributed by atoms with Crippen LogP contribution < -0.4 is 4.74 Å². The maximum atomic E-state index is 12.0. The maximum absolute atomic E-state index is 12.0. The molecule has 0 radical (unpaired) electrons. The summed E-state index contributed by atoms with van der Waals surface area (Å²) in [5.74, 6) is 0.360. The van der Waals surface area contributed by atoms with Crippen molar-refractivity contribution < 1.29 is 14.6 Å². The largest absolute Gasteiger partial charge is 0.504 e. The molecule has 0 saturated heterocycles. The van der Waals surface area contributed by atoms with Gasteiger partial charge in [0.15, 0.2) is 17.3 Å². The van der Waals surface area contributed by atoms with Gasteiger partial charge in [0, 0.05) is 0 Å². The molecule has 0 bridgehead atoms. The lowest BCUT2D eigenvalue weighted by molar-refractivity contribution is -0.110. The molecule has 0 aliphatic heterocycles. The Morgan fingerprint density at radius 1 is 1.00 bits per heavy atom. The molecular formula is C21H22O3. The lowest BCUT2D eigenvalue weighted by atomic mass is 9.99. The van der Waals surface area contributed by atoms with Crippen molar-refractivity contribution in [2.75, 3.05) is 7.11 Å². The van der Waals surface area contributed by atoms with Gasteiger partial charge in [-0.25, -0.2) is 0 Å². The van der Waals surface area contributed by atoms with Crippen LogP contribution in [-0.4, -0.2) is 18.0 Å². The molecule has 1 N–H and O–H groups in total. The monoisotopic (exact) mass is 322 g/mol. The summed E-state index contributed by atoms with van der Waals surface area (Å²) < 4.78 is 5.05. The van der Waals surface area contributed by atoms with Crippen LogP contribution in [0.1, 0.15) is 27.8 Å². The van der Waals surface area contributed by atoms with E-state index in [1.54, 1.807) is 24.3 Å². The molecule has 3 heteroatoms. The summed E-state index contributed by atoms with van der Waals surface area (Å²) in [6.07, 6.45) is 6.62. The third-order valence-corrected chi connectivity index (χ3v) is 3.80. The van der Waals surface area contributed by atoms with Crippen LogP contribution in [0, 0.1) is 20.8 Å². The highest BCUT2D eigenvalue weighted by Crippen LogP contribution is 2.26. The number of ether oxygens (including phenoxy) is 1. The van der Waals surface area contributed by atoms with E-state index in [0.717, 1.165) is 22.3 Å². The second kappa shape index (κ2) is 7.64. The fraction of sp³-hybridized carbons (Fsp3) is 0.190. The predicted octanol–water partition coefficient (Wildman–Crippen LogP) is 4.62. The zero-order chi connectivity index (χ0) is 17.7. The zero-order valence-corrected chi connectivity index (χ0v) is 14.5. The van der Waals surface area contributed by atoms with E-state index < -0.39 is 0 Å². The first-order chi connectivity index (χ1) is 11.4. The molecule has 0 aliphatic rings. The lowest BCUT2D eigenvalue weighted by Gasteiger charge is -2.06. The minimum absolute atomic E-state index is 0.0752. The SMILES string of the molecule is COc1cc(/C=C/C(=O)/C=C/c2c(C)cc(C)cc2C)ccc1O. The fourth-order valence-electron chi connectivity index (χ4n) is 2.65. The quantitative estimate of drug-likeness (QED) is 0.817. The summed E-state index contributed by atoms with van der Waals surface area (Å²) in [5, 5.41) is 9.57. The number of phenols is 1. The van der Waals surface area contributed by atoms with E-state index in [4.69, 9.17) is 4.74 Å². The number of phenolic OH excluding ortho intramolecular Hbond substituents is 1. The molecule has 0 unspecified atom stereocenters. The van der Waals surface area contributed by atoms with E-state index in [9.17, 15) is 9.90 Å². The zero-order valence-electron chi connectivity index (χ0n) is 14.5. The molecule has 0 fully saturated rings. The first-order valence-corrected chi connectivity index (χ1v) is 7.75. The van der Waals surface area contributed by atoms with Gasteiger partial charge in [0.1, 0.15) is 0 Å². The Kier molecular flexibility index (Phi) is 5.59. The average Bonchev–Trinajstić information content (AvgIpc) is 2.53. The number of aromatic hydroxyl groups is 1. The number of rotatable bonds is 5. The number of ketones is 1. The number of carbonyl (C=O) groups is 1. The highest BCUT2D eigenvalue weighted by Gasteiger charge is 2.02. The maximum Gasteiger partial charge on any atom is 0.178 e. The summed E-state index contributed by atoms with van der Waals surface area (Å²) in [4.78, 5) is 12.0. The molecule has 24 heavy (non-hydrogen) atoms. The number of hydrogen-bond donors (Lipinski definition) is 1. The standard InChI is InChI=1S/C21H22O3/c1-14-11-15(2)19(16(3)12-14)9-8-18(22)7-5-17-6-10-20(23)21(13-17)24-4/h5-13,23H,1-4H3/b7-5+,9-8+. The molecule has 3 nitrogen and oxygen atoms in total. The van der Waals surface area contributed by atoms with E-state index in [1.807, 2.05) is 19.9 Å². The van der Waals surface area contributed by atoms with Gasteiger partial charge in [0.2, 0.25) is 0 Å². The molecule has 2 rings (SSSR count). The molecule has 0 heterocycles. The van der Waals surface area contributed by atoms with Gasteiger partial charge in [-0.3, -0.25) is 4.79 Å². The van der Waals surface area contributed by atoms with Gasteiger partial charge in [-0.2, -0.15) is 0 Å². The van der Waals surface area contributed by atoms with Crippen molar-refractivity contribution in [1.29, 1.82) is 0 Å². The number of allylic oxidation sites excluding steroid dienone is 2. The van der Waals surface area contributed by atoms with Gasteiger partial charge in [-0.1, -0.05) is 35.9 Å². The second-order valence-electron chi connectivity index (χ2n) is 5.81. The van der Waals surface area contributed by atoms with Crippen LogP contribution in [0.4, 0.5) is 0 Å². The Hall–Kier alpha value is -2.81. The van der Waals surface area contributed by atoms with Crippen LogP contribution >= 0.6 is 0 Å². The third kappa shape index (κ3) is 4.35. The second-order valence-corrected chi connectivity index (χ2v) is 5.81. The third-order valence-electron chi connectivity index (χ3n) is 3.80. The number of methoxy groups -OCH3 is 1. The van der Waals surface area contributed by atoms with E-state index in [1.165, 1.54) is 24.8 Å². The Bertz CT molecular complexity index is 791. The summed E-state index contributed by atoms with van der Waals surface area (Å²) in [7, 11) is 1.49. The van der Waals surface area contributed by atoms with Crippen LogP contribution in [0.5, 0.6) is 11.5 Å². The minimum atomic E-state index is -0.0959. The first kappa shape index (κ1) is 17.5. The molecule has 0 saturated carbocycles. The molecule has 2 aromatic carbocycles. The van der Waals surface area contributed by atoms with E-state index >= 15 is 0 Å². The molecular weight excluding hydrogens is 300 g/mol. The molecule has 0 amide bonds. The summed E-state index contributed by atoms with van der Waals surface area (Å²) in [5.41, 5.74) is 5.39. The van der Waals surface area contributed by atoms with Crippen LogP contribution in [-0.2, 0) is 4.79 Å². The van der Waals surface area contributed by atoms with Crippen molar-refractivity contribution in [3.63, 3.8) is 0 Å². The highest BCUT2D eigenvalue weighted by atomic mass is 16.5. The van der Waals surface area contributed by atoms with Crippen molar-refractivity contribution in [2.24, 2.45) is 0 Å². The Balaban J connectivity index is 2.13. The number of aryl methyl sites for hydroxylation is 3. The topological polar surface area (TPSA) is 46.5 Å². The summed E-state index contributed by atoms with van der Waals surface area (Å²) in [6, 6.07) is 9.15. The molecule has 2 aromatic rings. The fourth-order valence-corrected chi connectivity index (χ4v) is 2.65. The van der Waals surface area contributed by atoms with Gasteiger partial charge < -0.3 is 9.84 Å². The Labute approximate surface area is 142 Å². The van der Waals surface area contributed by atoms with Gasteiger partial charge >= 0.3 is 0 Å². The predicted molar refractivity (Wildman–Crippen MR) is 98.4 cm³/mol. The van der Waals surface area contributed by atoms with E-state index in [0.29, 0.717) is 5.75 Å². The molecule has 0 aromatic heterocycles. The van der Waals surface area contributed by atoms with Crippen molar-refractivity contribution in [1.82, 2.24) is 0 Å². The summed E-state index contributed by atoms with van der Waals surface area (Å²) in [6.45, 7) is 6.15. The van der Waals surface area contributed by atoms with Crippen molar-refractivity contribution >= 4 is 17.9 Å². The van der Waals surface area contributed by atoms with Crippen LogP contribution in [0.15, 0.2) is 42.5 Å². The molecule has 124 valence electrons. The number of benzene rings is 2. The Morgan fingerprint density at radius 3 is 2.25 bits per heavy atom. The lowest BCUT2D eigenvalue weighted by Crippen LogP contribution is -1.91. The van der Waals surface area contributed by atoms with Crippen LogP contribution in [0.2, 0.25) is 0 Å². The van der Waals surface area contributed by atoms with Crippen LogP contribution in [0.25, 0.3) is 12.2 Å². The average molecular weight is 322 g/mol. The van der Waals surface area contributed by atoms with Crippen molar-refractivity contribution in [2.45, 2.75) is 20.8 Å². The summed E-state index contributed by atoms with van der Waals surface area (Å²) >= 11 is 0. The first-order valence-electron chi connectivity index (χ1n) is 7.75. The van der Waals surface area contributed by atoms with Gasteiger partial charge in [-0.05, 0) is 67.3 Å². The van der Waals surface area contributed by atoms with Gasteiger partial charge in [0.05, 0.1) is 7.11 Å². The van der Waals surface area contributed by atoms with Crippen molar-refractivity contribution in [3.05, 3.63) is 70.3 Å². The van der Waals surface area contributed by atoms with Gasteiger partial charge in [-0.15, -0.1) is 0 Å². The molecule has 0 aliphatic carbocycles. The van der Waals surface area contributed by atoms with E-state index in [2.05, 4.69) is 19.1 Å². The van der Waals surface area contributed by atoms with Gasteiger partial charge in [0.25, 0.3) is 0 Å². The minimum Gasteiger partial charge on any atom is -0.504 e. The number of hydrogen-bond acceptors (Lipinski definition) is 3. The van der Waals surface area contributed by atoms with Crippen LogP contribution in [0.3, 0.4) is 0 Å². The Morgan fingerprint density at radius 2 is 1.62 bits per heavy atom.